The molecule has 0 spiro atoms. The highest BCUT2D eigenvalue weighted by atomic mass is 16.3. The van der Waals surface area contributed by atoms with Crippen molar-refractivity contribution in [2.75, 3.05) is 14.7 Å². The van der Waals surface area contributed by atoms with Crippen LogP contribution in [0.2, 0.25) is 0 Å². The smallest absolute Gasteiger partial charge is 0.252 e. The molecule has 0 radical (unpaired) electrons. The summed E-state index contributed by atoms with van der Waals surface area (Å²) < 4.78 is 13.4. The topological polar surface area (TPSA) is 36.0 Å². The van der Waals surface area contributed by atoms with Gasteiger partial charge in [0.1, 0.15) is 16.7 Å². The van der Waals surface area contributed by atoms with Gasteiger partial charge in [0.05, 0.1) is 5.69 Å². The second kappa shape index (κ2) is 15.8. The lowest BCUT2D eigenvalue weighted by molar-refractivity contribution is 0.590. The van der Waals surface area contributed by atoms with E-state index in [1.807, 2.05) is 6.07 Å². The van der Waals surface area contributed by atoms with Crippen LogP contribution in [0.5, 0.6) is 0 Å². The SMILES string of the molecule is CC(C)(C)c1ccc(N(c2ccc3c(c2)N(c2ccc(C(C)(C)C)cc2)c2cccc4c2B3c2ccc3c(oc5ccccc53)c2N4c2ccc(C(C)(C)C)cc2)c2ccc3oc4ccccc4c3c2)cc1. The molecule has 5 nitrogen and oxygen atoms in total. The summed E-state index contributed by atoms with van der Waals surface area (Å²) in [5, 5.41) is 4.43. The molecule has 6 heteroatoms. The van der Waals surface area contributed by atoms with E-state index in [2.05, 4.69) is 259 Å². The van der Waals surface area contributed by atoms with Crippen molar-refractivity contribution < 1.29 is 8.83 Å². The quantitative estimate of drug-likeness (QED) is 0.161. The van der Waals surface area contributed by atoms with E-state index < -0.39 is 0 Å². The lowest BCUT2D eigenvalue weighted by atomic mass is 9.33. The van der Waals surface area contributed by atoms with Crippen LogP contribution in [-0.4, -0.2) is 6.71 Å². The standard InChI is InChI=1S/C66H58BN3O2/c1-64(2,3)41-21-27-44(28-22-41)68(47-34-38-60-52(39-47)50-16-11-12-19-58(50)71-60)48-33-36-53-57(40-48)69(45-29-23-42(24-30-45)65(4,5)6)55-17-14-18-56-61(55)67(53)54-37-35-51-49-15-10-13-20-59(49)72-63(51)62(54)70(56)46-31-25-43(26-32-46)66(7,8)9/h10-40H,1-9H3. The van der Waals surface area contributed by atoms with Crippen LogP contribution in [0.15, 0.2) is 197 Å². The van der Waals surface area contributed by atoms with Crippen molar-refractivity contribution in [2.45, 2.75) is 78.6 Å². The molecule has 352 valence electrons. The van der Waals surface area contributed by atoms with Crippen LogP contribution in [0.25, 0.3) is 43.9 Å². The number of hydrogen-bond donors (Lipinski definition) is 0. The molecule has 0 saturated carbocycles. The van der Waals surface area contributed by atoms with E-state index in [1.165, 1.54) is 33.1 Å². The van der Waals surface area contributed by atoms with E-state index in [9.17, 15) is 0 Å². The molecule has 4 heterocycles. The monoisotopic (exact) mass is 935 g/mol. The van der Waals surface area contributed by atoms with Gasteiger partial charge in [-0.1, -0.05) is 159 Å². The third kappa shape index (κ3) is 6.90. The van der Waals surface area contributed by atoms with E-state index in [0.717, 1.165) is 95.1 Å². The second-order valence-electron chi connectivity index (χ2n) is 23.0. The molecule has 13 rings (SSSR count). The molecule has 0 aliphatic carbocycles. The fourth-order valence-corrected chi connectivity index (χ4v) is 11.5. The average molecular weight is 936 g/mol. The van der Waals surface area contributed by atoms with Crippen LogP contribution in [0, 0.1) is 0 Å². The Labute approximate surface area is 423 Å². The molecule has 0 N–H and O–H groups in total. The van der Waals surface area contributed by atoms with Crippen molar-refractivity contribution in [3.63, 3.8) is 0 Å². The Bertz CT molecular complexity index is 3940. The normalized spacial score (nSPS) is 13.5. The highest BCUT2D eigenvalue weighted by Crippen LogP contribution is 2.49. The lowest BCUT2D eigenvalue weighted by Crippen LogP contribution is -2.61. The summed E-state index contributed by atoms with van der Waals surface area (Å²) in [6.45, 7) is 20.4. The lowest BCUT2D eigenvalue weighted by Gasteiger charge is -2.44. The van der Waals surface area contributed by atoms with Gasteiger partial charge >= 0.3 is 0 Å². The predicted octanol–water partition coefficient (Wildman–Crippen LogP) is 16.9. The van der Waals surface area contributed by atoms with Gasteiger partial charge < -0.3 is 23.5 Å². The molecule has 0 saturated heterocycles. The maximum atomic E-state index is 7.02. The maximum absolute atomic E-state index is 7.02. The van der Waals surface area contributed by atoms with Crippen LogP contribution in [0.3, 0.4) is 0 Å². The summed E-state index contributed by atoms with van der Waals surface area (Å²) in [6, 6.07) is 69.7. The average Bonchev–Trinajstić information content (AvgIpc) is 3.94. The van der Waals surface area contributed by atoms with Crippen LogP contribution in [0.1, 0.15) is 79.0 Å². The minimum Gasteiger partial charge on any atom is -0.456 e. The number of nitrogens with zero attached hydrogens (tertiary/aromatic N) is 3. The van der Waals surface area contributed by atoms with Crippen molar-refractivity contribution >= 4 is 118 Å². The fourth-order valence-electron chi connectivity index (χ4n) is 11.5. The zero-order valence-corrected chi connectivity index (χ0v) is 42.6. The van der Waals surface area contributed by atoms with Crippen molar-refractivity contribution in [2.24, 2.45) is 0 Å². The molecule has 0 atom stereocenters. The first kappa shape index (κ1) is 44.0. The van der Waals surface area contributed by atoms with Crippen molar-refractivity contribution in [1.29, 1.82) is 0 Å². The van der Waals surface area contributed by atoms with E-state index >= 15 is 0 Å². The number of furan rings is 2. The van der Waals surface area contributed by atoms with Gasteiger partial charge in [0, 0.05) is 67.0 Å². The Hall–Kier alpha value is -7.96. The largest absolute Gasteiger partial charge is 0.456 e. The van der Waals surface area contributed by atoms with Gasteiger partial charge in [-0.05, 0) is 140 Å². The second-order valence-corrected chi connectivity index (χ2v) is 23.0. The van der Waals surface area contributed by atoms with Gasteiger partial charge in [-0.2, -0.15) is 0 Å². The summed E-state index contributed by atoms with van der Waals surface area (Å²) in [5.41, 5.74) is 21.1. The molecule has 0 amide bonds. The summed E-state index contributed by atoms with van der Waals surface area (Å²) in [7, 11) is 0. The number of para-hydroxylation sites is 2. The zero-order valence-electron chi connectivity index (χ0n) is 42.6. The van der Waals surface area contributed by atoms with Crippen molar-refractivity contribution in [3.05, 3.63) is 205 Å². The minimum absolute atomic E-state index is 0.00169. The summed E-state index contributed by atoms with van der Waals surface area (Å²) in [4.78, 5) is 7.40. The number of benzene rings is 9. The Morgan fingerprint density at radius 3 is 1.49 bits per heavy atom. The third-order valence-electron chi connectivity index (χ3n) is 15.3. The summed E-state index contributed by atoms with van der Waals surface area (Å²) in [6.07, 6.45) is 0. The highest BCUT2D eigenvalue weighted by molar-refractivity contribution is 7.00. The van der Waals surface area contributed by atoms with Crippen LogP contribution in [-0.2, 0) is 16.2 Å². The molecule has 2 aromatic heterocycles. The van der Waals surface area contributed by atoms with E-state index in [1.54, 1.807) is 0 Å². The van der Waals surface area contributed by atoms with Crippen molar-refractivity contribution in [1.82, 2.24) is 0 Å². The molecule has 2 aliphatic heterocycles. The molecule has 0 unspecified atom stereocenters. The predicted molar refractivity (Wildman–Crippen MR) is 306 cm³/mol. The summed E-state index contributed by atoms with van der Waals surface area (Å²) >= 11 is 0. The molecule has 9 aromatic carbocycles. The number of hydrogen-bond acceptors (Lipinski definition) is 5. The molecule has 11 aromatic rings. The van der Waals surface area contributed by atoms with Gasteiger partial charge in [0.2, 0.25) is 0 Å². The Morgan fingerprint density at radius 1 is 0.375 bits per heavy atom. The number of fused-ring (bicyclic) bond motifs is 11. The first-order chi connectivity index (χ1) is 34.6. The Balaban J connectivity index is 1.08. The van der Waals surface area contributed by atoms with Gasteiger partial charge in [0.15, 0.2) is 5.58 Å². The van der Waals surface area contributed by atoms with Crippen LogP contribution < -0.4 is 31.1 Å². The van der Waals surface area contributed by atoms with E-state index in [-0.39, 0.29) is 23.0 Å². The molecular formula is C66H58BN3O2. The van der Waals surface area contributed by atoms with Crippen molar-refractivity contribution in [3.8, 4) is 0 Å². The molecular weight excluding hydrogens is 878 g/mol. The van der Waals surface area contributed by atoms with Crippen LogP contribution >= 0.6 is 0 Å². The minimum atomic E-state index is -0.101. The third-order valence-corrected chi connectivity index (χ3v) is 15.3. The molecule has 0 fully saturated rings. The maximum Gasteiger partial charge on any atom is 0.252 e. The zero-order chi connectivity index (χ0) is 49.4. The van der Waals surface area contributed by atoms with Gasteiger partial charge in [0.25, 0.3) is 6.71 Å². The number of rotatable bonds is 5. The Kier molecular flexibility index (Phi) is 9.64. The Morgan fingerprint density at radius 2 is 0.861 bits per heavy atom. The fraction of sp³-hybridized carbons (Fsp3) is 0.182. The van der Waals surface area contributed by atoms with E-state index in [4.69, 9.17) is 8.83 Å². The van der Waals surface area contributed by atoms with Crippen LogP contribution in [0.4, 0.5) is 51.2 Å². The highest BCUT2D eigenvalue weighted by Gasteiger charge is 2.45. The van der Waals surface area contributed by atoms with Gasteiger partial charge in [-0.25, -0.2) is 0 Å². The van der Waals surface area contributed by atoms with Gasteiger partial charge in [-0.15, -0.1) is 0 Å². The van der Waals surface area contributed by atoms with Gasteiger partial charge in [-0.3, -0.25) is 0 Å². The molecule has 2 aliphatic rings. The van der Waals surface area contributed by atoms with E-state index in [0.29, 0.717) is 0 Å². The molecule has 72 heavy (non-hydrogen) atoms. The first-order valence-corrected chi connectivity index (χ1v) is 25.4. The molecule has 0 bridgehead atoms. The summed E-state index contributed by atoms with van der Waals surface area (Å²) in [5.74, 6) is 0. The first-order valence-electron chi connectivity index (χ1n) is 25.4. The number of anilines is 9.